The van der Waals surface area contributed by atoms with Gasteiger partial charge in [0.2, 0.25) is 0 Å². The fourth-order valence-corrected chi connectivity index (χ4v) is 2.23. The van der Waals surface area contributed by atoms with Crippen LogP contribution in [0.15, 0.2) is 29.3 Å². The molecule has 20 heavy (non-hydrogen) atoms. The summed E-state index contributed by atoms with van der Waals surface area (Å²) in [7, 11) is 7.68. The molecule has 0 amide bonds. The third-order valence-corrected chi connectivity index (χ3v) is 3.11. The molecule has 0 heterocycles. The minimum absolute atomic E-state index is 0. The molecular weight excluding hydrogens is 389 g/mol. The number of aliphatic hydroxyl groups is 1. The summed E-state index contributed by atoms with van der Waals surface area (Å²) in [5.74, 6) is 0.798. The zero-order chi connectivity index (χ0) is 14.6. The van der Waals surface area contributed by atoms with Crippen LogP contribution in [0.5, 0.6) is 0 Å². The number of rotatable bonds is 3. The highest BCUT2D eigenvalue weighted by Gasteiger charge is 2.25. The standard InChI is InChI=1S/C14H22ClN3O.HI/c1-14(19,11-8-6-7-9-12(11)15)10-16-13(17(2)3)18(4)5;/h6-9,19H,10H2,1-5H3;1H. The number of halogens is 2. The first-order valence-corrected chi connectivity index (χ1v) is 6.50. The first-order chi connectivity index (χ1) is 8.75. The van der Waals surface area contributed by atoms with Crippen molar-refractivity contribution in [2.45, 2.75) is 12.5 Å². The van der Waals surface area contributed by atoms with Crippen molar-refractivity contribution in [2.24, 2.45) is 4.99 Å². The Kier molecular flexibility index (Phi) is 7.83. The second kappa shape index (κ2) is 8.05. The number of benzene rings is 1. The lowest BCUT2D eigenvalue weighted by molar-refractivity contribution is 0.0669. The zero-order valence-electron chi connectivity index (χ0n) is 12.6. The van der Waals surface area contributed by atoms with Crippen LogP contribution in [0, 0.1) is 0 Å². The van der Waals surface area contributed by atoms with E-state index < -0.39 is 5.60 Å². The molecule has 6 heteroatoms. The van der Waals surface area contributed by atoms with Crippen molar-refractivity contribution in [3.63, 3.8) is 0 Å². The van der Waals surface area contributed by atoms with E-state index in [1.165, 1.54) is 0 Å². The third-order valence-electron chi connectivity index (χ3n) is 2.78. The Balaban J connectivity index is 0.00000361. The van der Waals surface area contributed by atoms with Crippen LogP contribution >= 0.6 is 35.6 Å². The van der Waals surface area contributed by atoms with Gasteiger partial charge in [0.05, 0.1) is 6.54 Å². The predicted molar refractivity (Wildman–Crippen MR) is 96.1 cm³/mol. The van der Waals surface area contributed by atoms with Gasteiger partial charge in [0.1, 0.15) is 5.60 Å². The molecule has 0 aliphatic heterocycles. The average molecular weight is 412 g/mol. The van der Waals surface area contributed by atoms with E-state index in [9.17, 15) is 5.11 Å². The van der Waals surface area contributed by atoms with Crippen LogP contribution < -0.4 is 0 Å². The maximum atomic E-state index is 10.6. The summed E-state index contributed by atoms with van der Waals surface area (Å²) < 4.78 is 0. The fourth-order valence-electron chi connectivity index (χ4n) is 1.89. The molecule has 1 N–H and O–H groups in total. The van der Waals surface area contributed by atoms with E-state index in [0.29, 0.717) is 10.6 Å². The lowest BCUT2D eigenvalue weighted by Crippen LogP contribution is -2.37. The van der Waals surface area contributed by atoms with Gasteiger partial charge >= 0.3 is 0 Å². The van der Waals surface area contributed by atoms with Crippen LogP contribution in [0.4, 0.5) is 0 Å². The molecule has 1 aromatic carbocycles. The van der Waals surface area contributed by atoms with E-state index in [2.05, 4.69) is 4.99 Å². The summed E-state index contributed by atoms with van der Waals surface area (Å²) >= 11 is 6.12. The minimum Gasteiger partial charge on any atom is -0.383 e. The Morgan fingerprint density at radius 2 is 1.70 bits per heavy atom. The van der Waals surface area contributed by atoms with Gasteiger partial charge in [-0.3, -0.25) is 0 Å². The van der Waals surface area contributed by atoms with Crippen molar-refractivity contribution in [1.82, 2.24) is 9.80 Å². The molecule has 1 unspecified atom stereocenters. The van der Waals surface area contributed by atoms with Gasteiger partial charge in [0, 0.05) is 38.8 Å². The van der Waals surface area contributed by atoms with E-state index in [0.717, 1.165) is 5.96 Å². The van der Waals surface area contributed by atoms with Gasteiger partial charge < -0.3 is 14.9 Å². The predicted octanol–water partition coefficient (Wildman–Crippen LogP) is 2.64. The van der Waals surface area contributed by atoms with Crippen LogP contribution in [-0.4, -0.2) is 55.6 Å². The number of aliphatic imine (C=N–C) groups is 1. The first kappa shape index (κ1) is 19.5. The molecule has 0 aromatic heterocycles. The molecular formula is C14H23ClIN3O. The highest BCUT2D eigenvalue weighted by atomic mass is 127. The molecule has 114 valence electrons. The van der Waals surface area contributed by atoms with Crippen LogP contribution in [0.3, 0.4) is 0 Å². The molecule has 1 rings (SSSR count). The number of hydrogen-bond acceptors (Lipinski definition) is 2. The lowest BCUT2D eigenvalue weighted by atomic mass is 9.96. The van der Waals surface area contributed by atoms with Crippen LogP contribution in [0.1, 0.15) is 12.5 Å². The Bertz CT molecular complexity index is 451. The molecule has 0 fully saturated rings. The van der Waals surface area contributed by atoms with Gasteiger partial charge in [-0.05, 0) is 13.0 Å². The van der Waals surface area contributed by atoms with E-state index in [-0.39, 0.29) is 30.5 Å². The molecule has 0 saturated heterocycles. The quantitative estimate of drug-likeness (QED) is 0.472. The molecule has 0 bridgehead atoms. The first-order valence-electron chi connectivity index (χ1n) is 6.12. The SMILES string of the molecule is CN(C)C(=NCC(C)(O)c1ccccc1Cl)N(C)C.I. The van der Waals surface area contributed by atoms with E-state index >= 15 is 0 Å². The van der Waals surface area contributed by atoms with Crippen molar-refractivity contribution in [2.75, 3.05) is 34.7 Å². The van der Waals surface area contributed by atoms with Crippen molar-refractivity contribution in [3.05, 3.63) is 34.9 Å². The Labute approximate surface area is 143 Å². The summed E-state index contributed by atoms with van der Waals surface area (Å²) in [5.41, 5.74) is -0.396. The topological polar surface area (TPSA) is 39.1 Å². The Hall–Kier alpha value is -0.530. The molecule has 0 radical (unpaired) electrons. The fraction of sp³-hybridized carbons (Fsp3) is 0.500. The number of guanidine groups is 1. The van der Waals surface area contributed by atoms with Crippen LogP contribution in [-0.2, 0) is 5.60 Å². The molecule has 1 aromatic rings. The van der Waals surface area contributed by atoms with E-state index in [1.54, 1.807) is 13.0 Å². The Morgan fingerprint density at radius 1 is 1.20 bits per heavy atom. The summed E-state index contributed by atoms with van der Waals surface area (Å²) in [6, 6.07) is 7.30. The molecule has 4 nitrogen and oxygen atoms in total. The molecule has 0 spiro atoms. The van der Waals surface area contributed by atoms with Crippen molar-refractivity contribution < 1.29 is 5.11 Å². The lowest BCUT2D eigenvalue weighted by Gasteiger charge is -2.27. The largest absolute Gasteiger partial charge is 0.383 e. The molecule has 0 aliphatic carbocycles. The zero-order valence-corrected chi connectivity index (χ0v) is 15.7. The monoisotopic (exact) mass is 411 g/mol. The maximum Gasteiger partial charge on any atom is 0.195 e. The van der Waals surface area contributed by atoms with Gasteiger partial charge in [-0.1, -0.05) is 29.8 Å². The third kappa shape index (κ3) is 5.10. The normalized spacial score (nSPS) is 12.9. The van der Waals surface area contributed by atoms with Gasteiger partial charge in [-0.15, -0.1) is 24.0 Å². The van der Waals surface area contributed by atoms with Gasteiger partial charge in [-0.25, -0.2) is 4.99 Å². The summed E-state index contributed by atoms with van der Waals surface area (Å²) in [4.78, 5) is 8.28. The van der Waals surface area contributed by atoms with E-state index in [4.69, 9.17) is 11.6 Å². The summed E-state index contributed by atoms with van der Waals surface area (Å²) in [6.07, 6.45) is 0. The molecule has 1 atom stereocenters. The smallest absolute Gasteiger partial charge is 0.195 e. The van der Waals surface area contributed by atoms with Gasteiger partial charge in [-0.2, -0.15) is 0 Å². The average Bonchev–Trinajstić information content (AvgIpc) is 2.28. The van der Waals surface area contributed by atoms with Gasteiger partial charge in [0.25, 0.3) is 0 Å². The van der Waals surface area contributed by atoms with E-state index in [1.807, 2.05) is 56.2 Å². The minimum atomic E-state index is -1.09. The number of nitrogens with zero attached hydrogens (tertiary/aromatic N) is 3. The number of hydrogen-bond donors (Lipinski definition) is 1. The Morgan fingerprint density at radius 3 is 2.15 bits per heavy atom. The second-order valence-corrected chi connectivity index (χ2v) is 5.57. The summed E-state index contributed by atoms with van der Waals surface area (Å²) in [6.45, 7) is 1.98. The van der Waals surface area contributed by atoms with Crippen molar-refractivity contribution in [3.8, 4) is 0 Å². The van der Waals surface area contributed by atoms with Crippen LogP contribution in [0.25, 0.3) is 0 Å². The van der Waals surface area contributed by atoms with Crippen molar-refractivity contribution in [1.29, 1.82) is 0 Å². The highest BCUT2D eigenvalue weighted by Crippen LogP contribution is 2.28. The molecule has 0 aliphatic rings. The molecule has 0 saturated carbocycles. The van der Waals surface area contributed by atoms with Gasteiger partial charge in [0.15, 0.2) is 5.96 Å². The van der Waals surface area contributed by atoms with Crippen molar-refractivity contribution >= 4 is 41.5 Å². The maximum absolute atomic E-state index is 10.6. The summed E-state index contributed by atoms with van der Waals surface area (Å²) in [5, 5.41) is 11.1. The highest BCUT2D eigenvalue weighted by molar-refractivity contribution is 14.0. The second-order valence-electron chi connectivity index (χ2n) is 5.16. The van der Waals surface area contributed by atoms with Crippen LogP contribution in [0.2, 0.25) is 5.02 Å².